The van der Waals surface area contributed by atoms with Crippen molar-refractivity contribution in [2.75, 3.05) is 19.0 Å². The summed E-state index contributed by atoms with van der Waals surface area (Å²) in [5.41, 5.74) is 0. The minimum atomic E-state index is 1.04. The number of thioether (sulfide) groups is 1. The van der Waals surface area contributed by atoms with E-state index in [0.29, 0.717) is 0 Å². The van der Waals surface area contributed by atoms with Crippen molar-refractivity contribution in [3.05, 3.63) is 0 Å². The number of nitrogens with zero attached hydrogens (tertiary/aromatic N) is 1. The van der Waals surface area contributed by atoms with Gasteiger partial charge in [0.15, 0.2) is 0 Å². The van der Waals surface area contributed by atoms with E-state index in [0.717, 1.165) is 5.25 Å². The molecule has 2 heteroatoms. The second-order valence-corrected chi connectivity index (χ2v) is 4.93. The number of hydrogen-bond donors (Lipinski definition) is 0. The maximum atomic E-state index is 2.62. The SMILES string of the molecule is C1CCN(CSC2CC2)CC1. The van der Waals surface area contributed by atoms with Gasteiger partial charge in [0.05, 0.1) is 0 Å². The van der Waals surface area contributed by atoms with Crippen molar-refractivity contribution in [3.8, 4) is 0 Å². The van der Waals surface area contributed by atoms with Crippen LogP contribution in [-0.2, 0) is 0 Å². The second-order valence-electron chi connectivity index (χ2n) is 3.67. The Bertz CT molecular complexity index is 117. The zero-order chi connectivity index (χ0) is 7.52. The second kappa shape index (κ2) is 3.81. The van der Waals surface area contributed by atoms with Crippen LogP contribution in [0.15, 0.2) is 0 Å². The minimum Gasteiger partial charge on any atom is -0.294 e. The molecule has 0 aromatic rings. The van der Waals surface area contributed by atoms with Gasteiger partial charge in [-0.05, 0) is 38.8 Å². The zero-order valence-electron chi connectivity index (χ0n) is 7.09. The van der Waals surface area contributed by atoms with E-state index in [2.05, 4.69) is 16.7 Å². The van der Waals surface area contributed by atoms with E-state index >= 15 is 0 Å². The summed E-state index contributed by atoms with van der Waals surface area (Å²) in [5.74, 6) is 1.31. The van der Waals surface area contributed by atoms with Crippen molar-refractivity contribution in [2.45, 2.75) is 37.4 Å². The molecule has 1 aliphatic carbocycles. The molecule has 0 unspecified atom stereocenters. The molecule has 0 aromatic heterocycles. The van der Waals surface area contributed by atoms with E-state index < -0.39 is 0 Å². The van der Waals surface area contributed by atoms with Crippen LogP contribution in [0.4, 0.5) is 0 Å². The van der Waals surface area contributed by atoms with E-state index in [1.807, 2.05) is 0 Å². The first-order valence-corrected chi connectivity index (χ1v) is 5.84. The van der Waals surface area contributed by atoms with Gasteiger partial charge in [-0.2, -0.15) is 0 Å². The molecule has 1 nitrogen and oxygen atoms in total. The molecule has 1 heterocycles. The van der Waals surface area contributed by atoms with Crippen molar-refractivity contribution in [1.29, 1.82) is 0 Å². The summed E-state index contributed by atoms with van der Waals surface area (Å²) in [7, 11) is 0. The molecule has 2 rings (SSSR count). The molecule has 0 amide bonds. The summed E-state index contributed by atoms with van der Waals surface area (Å²) in [6.07, 6.45) is 7.30. The maximum absolute atomic E-state index is 2.62. The first-order chi connectivity index (χ1) is 5.45. The number of likely N-dealkylation sites (tertiary alicyclic amines) is 1. The summed E-state index contributed by atoms with van der Waals surface area (Å²) in [6.45, 7) is 2.72. The van der Waals surface area contributed by atoms with Gasteiger partial charge in [-0.25, -0.2) is 0 Å². The zero-order valence-corrected chi connectivity index (χ0v) is 7.91. The Hall–Kier alpha value is 0.310. The van der Waals surface area contributed by atoms with Crippen molar-refractivity contribution in [2.24, 2.45) is 0 Å². The van der Waals surface area contributed by atoms with Gasteiger partial charge >= 0.3 is 0 Å². The monoisotopic (exact) mass is 171 g/mol. The molecular weight excluding hydrogens is 154 g/mol. The van der Waals surface area contributed by atoms with Gasteiger partial charge in [0, 0.05) is 11.1 Å². The lowest BCUT2D eigenvalue weighted by Gasteiger charge is -2.25. The van der Waals surface area contributed by atoms with Gasteiger partial charge in [0.25, 0.3) is 0 Å². The van der Waals surface area contributed by atoms with Crippen LogP contribution in [-0.4, -0.2) is 29.1 Å². The molecule has 0 bridgehead atoms. The fourth-order valence-electron chi connectivity index (χ4n) is 1.53. The normalized spacial score (nSPS) is 27.3. The molecular formula is C9H17NS. The third-order valence-electron chi connectivity index (χ3n) is 2.47. The predicted octanol–water partition coefficient (Wildman–Crippen LogP) is 2.33. The van der Waals surface area contributed by atoms with E-state index in [1.54, 1.807) is 0 Å². The molecule has 1 saturated heterocycles. The smallest absolute Gasteiger partial charge is 0.0447 e. The van der Waals surface area contributed by atoms with Crippen LogP contribution < -0.4 is 0 Å². The van der Waals surface area contributed by atoms with E-state index in [4.69, 9.17) is 0 Å². The number of rotatable bonds is 3. The molecule has 0 atom stereocenters. The van der Waals surface area contributed by atoms with E-state index in [1.165, 1.54) is 51.1 Å². The summed E-state index contributed by atoms with van der Waals surface area (Å²) >= 11 is 2.17. The summed E-state index contributed by atoms with van der Waals surface area (Å²) < 4.78 is 0. The number of hydrogen-bond acceptors (Lipinski definition) is 2. The van der Waals surface area contributed by atoms with Crippen LogP contribution in [0.2, 0.25) is 0 Å². The lowest BCUT2D eigenvalue weighted by Crippen LogP contribution is -2.29. The molecule has 1 aliphatic heterocycles. The molecule has 0 N–H and O–H groups in total. The lowest BCUT2D eigenvalue weighted by molar-refractivity contribution is 0.266. The van der Waals surface area contributed by atoms with Crippen molar-refractivity contribution in [3.63, 3.8) is 0 Å². The van der Waals surface area contributed by atoms with Gasteiger partial charge in [0.1, 0.15) is 0 Å². The van der Waals surface area contributed by atoms with Crippen molar-refractivity contribution >= 4 is 11.8 Å². The van der Waals surface area contributed by atoms with Gasteiger partial charge in [-0.15, -0.1) is 11.8 Å². The Kier molecular flexibility index (Phi) is 2.75. The fourth-order valence-corrected chi connectivity index (χ4v) is 2.68. The van der Waals surface area contributed by atoms with Crippen LogP contribution in [0, 0.1) is 0 Å². The summed E-state index contributed by atoms with van der Waals surface area (Å²) in [5, 5.41) is 1.04. The molecule has 0 spiro atoms. The average Bonchev–Trinajstić information content (AvgIpc) is 2.86. The van der Waals surface area contributed by atoms with Crippen LogP contribution in [0.5, 0.6) is 0 Å². The third kappa shape index (κ3) is 2.68. The predicted molar refractivity (Wildman–Crippen MR) is 50.9 cm³/mol. The Morgan fingerprint density at radius 1 is 1.09 bits per heavy atom. The van der Waals surface area contributed by atoms with Crippen molar-refractivity contribution < 1.29 is 0 Å². The standard InChI is InChI=1S/C9H17NS/c1-2-6-10(7-3-1)8-11-9-4-5-9/h9H,1-8H2. The fraction of sp³-hybridized carbons (Fsp3) is 1.00. The van der Waals surface area contributed by atoms with Crippen molar-refractivity contribution in [1.82, 2.24) is 4.90 Å². The highest BCUT2D eigenvalue weighted by atomic mass is 32.2. The molecule has 11 heavy (non-hydrogen) atoms. The van der Waals surface area contributed by atoms with Gasteiger partial charge in [-0.1, -0.05) is 6.42 Å². The molecule has 64 valence electrons. The summed E-state index contributed by atoms with van der Waals surface area (Å²) in [6, 6.07) is 0. The molecule has 0 radical (unpaired) electrons. The highest BCUT2D eigenvalue weighted by Gasteiger charge is 2.22. The van der Waals surface area contributed by atoms with Crippen LogP contribution in [0.25, 0.3) is 0 Å². The molecule has 0 aromatic carbocycles. The topological polar surface area (TPSA) is 3.24 Å². The number of piperidine rings is 1. The Morgan fingerprint density at radius 3 is 2.45 bits per heavy atom. The Morgan fingerprint density at radius 2 is 1.82 bits per heavy atom. The molecule has 1 saturated carbocycles. The van der Waals surface area contributed by atoms with E-state index in [9.17, 15) is 0 Å². The van der Waals surface area contributed by atoms with Gasteiger partial charge < -0.3 is 0 Å². The van der Waals surface area contributed by atoms with Crippen LogP contribution in [0.1, 0.15) is 32.1 Å². The summed E-state index contributed by atoms with van der Waals surface area (Å²) in [4.78, 5) is 2.62. The first kappa shape index (κ1) is 7.93. The maximum Gasteiger partial charge on any atom is 0.0447 e. The van der Waals surface area contributed by atoms with Crippen LogP contribution >= 0.6 is 11.8 Å². The highest BCUT2D eigenvalue weighted by Crippen LogP contribution is 2.34. The Labute approximate surface area is 73.5 Å². The van der Waals surface area contributed by atoms with Gasteiger partial charge in [0.2, 0.25) is 0 Å². The van der Waals surface area contributed by atoms with Gasteiger partial charge in [-0.3, -0.25) is 4.90 Å². The Balaban J connectivity index is 1.59. The highest BCUT2D eigenvalue weighted by molar-refractivity contribution is 8.00. The largest absolute Gasteiger partial charge is 0.294 e. The molecule has 2 aliphatic rings. The third-order valence-corrected chi connectivity index (χ3v) is 3.92. The average molecular weight is 171 g/mol. The lowest BCUT2D eigenvalue weighted by atomic mass is 10.1. The van der Waals surface area contributed by atoms with E-state index in [-0.39, 0.29) is 0 Å². The first-order valence-electron chi connectivity index (χ1n) is 4.79. The minimum absolute atomic E-state index is 1.04. The molecule has 2 fully saturated rings. The quantitative estimate of drug-likeness (QED) is 0.641. The van der Waals surface area contributed by atoms with Crippen LogP contribution in [0.3, 0.4) is 0 Å².